The maximum Gasteiger partial charge on any atom is 0.255 e. The number of carbonyl (C=O) groups excluding carboxylic acids is 1. The first-order valence-electron chi connectivity index (χ1n) is 13.9. The van der Waals surface area contributed by atoms with Crippen LogP contribution >= 0.6 is 34.8 Å². The van der Waals surface area contributed by atoms with Crippen LogP contribution in [0.15, 0.2) is 71.6 Å². The molecule has 0 bridgehead atoms. The predicted octanol–water partition coefficient (Wildman–Crippen LogP) is 6.86. The molecule has 2 heterocycles. The van der Waals surface area contributed by atoms with Crippen molar-refractivity contribution >= 4 is 50.7 Å². The summed E-state index contributed by atoms with van der Waals surface area (Å²) in [4.78, 5) is 17.8. The molecule has 1 amide bonds. The van der Waals surface area contributed by atoms with Gasteiger partial charge < -0.3 is 4.90 Å². The Balaban J connectivity index is 1.34. The second kappa shape index (κ2) is 12.6. The van der Waals surface area contributed by atoms with Gasteiger partial charge in [-0.2, -0.15) is 4.31 Å². The van der Waals surface area contributed by atoms with Crippen LogP contribution in [-0.4, -0.2) is 67.7 Å². The van der Waals surface area contributed by atoms with Crippen LogP contribution in [0.1, 0.15) is 47.8 Å². The van der Waals surface area contributed by atoms with Gasteiger partial charge in [0.1, 0.15) is 0 Å². The van der Waals surface area contributed by atoms with Crippen molar-refractivity contribution in [2.24, 2.45) is 11.8 Å². The van der Waals surface area contributed by atoms with E-state index in [9.17, 15) is 13.2 Å². The summed E-state index contributed by atoms with van der Waals surface area (Å²) in [5, 5.41) is 1.59. The van der Waals surface area contributed by atoms with E-state index in [4.69, 9.17) is 34.8 Å². The third-order valence-electron chi connectivity index (χ3n) is 7.98. The van der Waals surface area contributed by atoms with Crippen molar-refractivity contribution in [3.63, 3.8) is 0 Å². The molecule has 10 heteroatoms. The fourth-order valence-electron chi connectivity index (χ4n) is 6.04. The van der Waals surface area contributed by atoms with E-state index in [1.165, 1.54) is 22.5 Å². The number of amides is 1. The summed E-state index contributed by atoms with van der Waals surface area (Å²) in [5.74, 6) is 0.298. The molecule has 2 atom stereocenters. The average Bonchev–Trinajstić information content (AvgIpc) is 2.95. The van der Waals surface area contributed by atoms with Crippen molar-refractivity contribution in [3.8, 4) is 0 Å². The first-order valence-corrected chi connectivity index (χ1v) is 16.4. The van der Waals surface area contributed by atoms with Gasteiger partial charge in [-0.05, 0) is 71.8 Å². The van der Waals surface area contributed by atoms with Crippen LogP contribution in [0, 0.1) is 11.8 Å². The van der Waals surface area contributed by atoms with Crippen molar-refractivity contribution in [1.29, 1.82) is 0 Å². The van der Waals surface area contributed by atoms with Gasteiger partial charge in [0.15, 0.2) is 0 Å². The summed E-state index contributed by atoms with van der Waals surface area (Å²) in [5.41, 5.74) is 2.41. The Morgan fingerprint density at radius 2 is 1.29 bits per heavy atom. The molecular weight excluding hydrogens is 601 g/mol. The normalized spacial score (nSPS) is 20.9. The van der Waals surface area contributed by atoms with E-state index in [2.05, 4.69) is 18.7 Å². The quantitative estimate of drug-likeness (QED) is 0.297. The number of rotatable bonds is 6. The Morgan fingerprint density at radius 3 is 1.80 bits per heavy atom. The Morgan fingerprint density at radius 1 is 0.780 bits per heavy atom. The van der Waals surface area contributed by atoms with Gasteiger partial charge >= 0.3 is 0 Å². The number of nitrogens with zero attached hydrogens (tertiary/aromatic N) is 3. The minimum Gasteiger partial charge on any atom is -0.336 e. The highest BCUT2D eigenvalue weighted by atomic mass is 35.5. The van der Waals surface area contributed by atoms with E-state index in [1.54, 1.807) is 4.90 Å². The topological polar surface area (TPSA) is 60.9 Å². The third kappa shape index (κ3) is 6.76. The van der Waals surface area contributed by atoms with E-state index in [1.807, 2.05) is 48.5 Å². The molecule has 3 aromatic rings. The first-order chi connectivity index (χ1) is 19.5. The fourth-order valence-corrected chi connectivity index (χ4v) is 8.19. The number of piperazine rings is 1. The average molecular weight is 635 g/mol. The van der Waals surface area contributed by atoms with Crippen LogP contribution in [-0.2, 0) is 10.0 Å². The van der Waals surface area contributed by atoms with E-state index in [-0.39, 0.29) is 39.3 Å². The van der Waals surface area contributed by atoms with Crippen LogP contribution in [0.2, 0.25) is 15.1 Å². The first kappa shape index (κ1) is 30.3. The molecule has 2 unspecified atom stereocenters. The number of carbonyl (C=O) groups is 1. The van der Waals surface area contributed by atoms with Crippen molar-refractivity contribution in [2.75, 3.05) is 39.3 Å². The Hall–Kier alpha value is -2.13. The minimum absolute atomic E-state index is 0.0341. The van der Waals surface area contributed by atoms with Gasteiger partial charge in [0.2, 0.25) is 10.0 Å². The number of piperidine rings is 1. The Kier molecular flexibility index (Phi) is 9.34. The van der Waals surface area contributed by atoms with Crippen molar-refractivity contribution in [1.82, 2.24) is 14.1 Å². The van der Waals surface area contributed by atoms with Gasteiger partial charge in [-0.3, -0.25) is 9.69 Å². The Bertz CT molecular complexity index is 1440. The summed E-state index contributed by atoms with van der Waals surface area (Å²) in [6, 6.07) is 20.1. The van der Waals surface area contributed by atoms with Crippen molar-refractivity contribution in [3.05, 3.63) is 98.5 Å². The van der Waals surface area contributed by atoms with Crippen molar-refractivity contribution in [2.45, 2.75) is 31.2 Å². The summed E-state index contributed by atoms with van der Waals surface area (Å²) >= 11 is 18.8. The Labute approximate surface area is 257 Å². The number of sulfonamides is 1. The standard InChI is InChI=1S/C31H34Cl3N3O3S/c1-21-17-22(2)20-37(19-21)41(39,40)27-11-12-29(34)28(18-27)31(38)36-15-13-35(14-16-36)30(23-3-7-25(32)8-4-23)24-5-9-26(33)10-6-24/h3-12,18,21-22,30H,13-17,19-20H2,1-2H3. The predicted molar refractivity (Wildman–Crippen MR) is 165 cm³/mol. The molecule has 0 spiro atoms. The molecule has 0 N–H and O–H groups in total. The highest BCUT2D eigenvalue weighted by Crippen LogP contribution is 2.33. The number of hydrogen-bond acceptors (Lipinski definition) is 4. The molecule has 218 valence electrons. The zero-order valence-corrected chi connectivity index (χ0v) is 26.2. The SMILES string of the molecule is CC1CC(C)CN(S(=O)(=O)c2ccc(Cl)c(C(=O)N3CCN(C(c4ccc(Cl)cc4)c4ccc(Cl)cc4)CC3)c2)C1. The van der Waals surface area contributed by atoms with E-state index in [0.717, 1.165) is 17.5 Å². The molecule has 0 saturated carbocycles. The van der Waals surface area contributed by atoms with Gasteiger partial charge in [0.05, 0.1) is 21.5 Å². The van der Waals surface area contributed by atoms with Gasteiger partial charge in [-0.1, -0.05) is 72.9 Å². The zero-order chi connectivity index (χ0) is 29.3. The molecule has 2 aliphatic heterocycles. The molecule has 41 heavy (non-hydrogen) atoms. The molecule has 2 aliphatic rings. The lowest BCUT2D eigenvalue weighted by Crippen LogP contribution is -2.50. The summed E-state index contributed by atoms with van der Waals surface area (Å²) < 4.78 is 28.5. The monoisotopic (exact) mass is 633 g/mol. The van der Waals surface area contributed by atoms with Gasteiger partial charge in [0, 0.05) is 49.3 Å². The molecule has 6 nitrogen and oxygen atoms in total. The second-order valence-corrected chi connectivity index (χ2v) is 14.5. The van der Waals surface area contributed by atoms with Gasteiger partial charge in [-0.25, -0.2) is 8.42 Å². The number of hydrogen-bond donors (Lipinski definition) is 0. The lowest BCUT2D eigenvalue weighted by molar-refractivity contribution is 0.0597. The maximum atomic E-state index is 13.7. The van der Waals surface area contributed by atoms with E-state index in [0.29, 0.717) is 49.3 Å². The highest BCUT2D eigenvalue weighted by Gasteiger charge is 2.34. The van der Waals surface area contributed by atoms with Crippen LogP contribution < -0.4 is 0 Å². The van der Waals surface area contributed by atoms with Crippen LogP contribution in [0.5, 0.6) is 0 Å². The molecule has 0 radical (unpaired) electrons. The van der Waals surface area contributed by atoms with Crippen LogP contribution in [0.4, 0.5) is 0 Å². The summed E-state index contributed by atoms with van der Waals surface area (Å²) in [6.45, 7) is 7.29. The molecule has 2 saturated heterocycles. The van der Waals surface area contributed by atoms with Crippen LogP contribution in [0.3, 0.4) is 0 Å². The molecular formula is C31H34Cl3N3O3S. The molecule has 2 fully saturated rings. The zero-order valence-electron chi connectivity index (χ0n) is 23.1. The van der Waals surface area contributed by atoms with E-state index >= 15 is 0 Å². The number of halogens is 3. The molecule has 0 aromatic heterocycles. The lowest BCUT2D eigenvalue weighted by atomic mass is 9.94. The van der Waals surface area contributed by atoms with Crippen molar-refractivity contribution < 1.29 is 13.2 Å². The smallest absolute Gasteiger partial charge is 0.255 e. The summed E-state index contributed by atoms with van der Waals surface area (Å²) in [7, 11) is -3.74. The third-order valence-corrected chi connectivity index (χ3v) is 10.6. The summed E-state index contributed by atoms with van der Waals surface area (Å²) in [6.07, 6.45) is 0.999. The minimum atomic E-state index is -3.74. The van der Waals surface area contributed by atoms with Gasteiger partial charge in [-0.15, -0.1) is 0 Å². The number of benzene rings is 3. The maximum absolute atomic E-state index is 13.7. The van der Waals surface area contributed by atoms with Gasteiger partial charge in [0.25, 0.3) is 5.91 Å². The second-order valence-electron chi connectivity index (χ2n) is 11.2. The highest BCUT2D eigenvalue weighted by molar-refractivity contribution is 7.89. The largest absolute Gasteiger partial charge is 0.336 e. The molecule has 0 aliphatic carbocycles. The molecule has 5 rings (SSSR count). The van der Waals surface area contributed by atoms with Crippen LogP contribution in [0.25, 0.3) is 0 Å². The van der Waals surface area contributed by atoms with E-state index < -0.39 is 10.0 Å². The fraction of sp³-hybridized carbons (Fsp3) is 0.387. The lowest BCUT2D eigenvalue weighted by Gasteiger charge is -2.40. The molecule has 3 aromatic carbocycles.